The second kappa shape index (κ2) is 1.83. The lowest BCUT2D eigenvalue weighted by molar-refractivity contribution is -0.842. The maximum Gasteiger partial charge on any atom is 0.0358 e. The maximum absolute atomic E-state index is 3.80. The van der Waals surface area contributed by atoms with Gasteiger partial charge in [0.1, 0.15) is 0 Å². The molecule has 1 heteroatoms. The lowest BCUT2D eigenvalue weighted by Crippen LogP contribution is -2.36. The highest BCUT2D eigenvalue weighted by Crippen LogP contribution is 2.02. The Hall–Kier alpha value is -0.0400. The average molecular weight is 100 g/mol. The molecule has 0 rings (SSSR count). The molecule has 0 atom stereocenters. The zero-order valence-corrected chi connectivity index (χ0v) is 5.44. The lowest BCUT2D eigenvalue weighted by atomic mass is 10.3. The summed E-state index contributed by atoms with van der Waals surface area (Å²) in [6, 6.07) is 0.514. The van der Waals surface area contributed by atoms with Crippen LogP contribution in [0.2, 0.25) is 0 Å². The van der Waals surface area contributed by atoms with Crippen molar-refractivity contribution >= 4 is 0 Å². The Kier molecular flexibility index (Phi) is 1.82. The van der Waals surface area contributed by atoms with Gasteiger partial charge in [0, 0.05) is 13.1 Å². The molecule has 0 bridgehead atoms. The van der Waals surface area contributed by atoms with Crippen LogP contribution in [0.15, 0.2) is 0 Å². The molecule has 0 heterocycles. The van der Waals surface area contributed by atoms with Crippen LogP contribution >= 0.6 is 0 Å². The molecular weight excluding hydrogens is 86.1 g/mol. The van der Waals surface area contributed by atoms with Gasteiger partial charge >= 0.3 is 0 Å². The summed E-state index contributed by atoms with van der Waals surface area (Å²) < 4.78 is 0.556. The van der Waals surface area contributed by atoms with E-state index >= 15 is 0 Å². The summed E-state index contributed by atoms with van der Waals surface area (Å²) in [5.74, 6) is 0. The fraction of sp³-hybridized carbons (Fsp3) is 0.667. The first kappa shape index (κ1) is 6.96. The first-order chi connectivity index (χ1) is 2.94. The van der Waals surface area contributed by atoms with Gasteiger partial charge in [-0.05, 0) is 13.8 Å². The van der Waals surface area contributed by atoms with Crippen molar-refractivity contribution in [2.24, 2.45) is 0 Å². The largest absolute Gasteiger partial charge is 0.595 e. The predicted octanol–water partition coefficient (Wildman–Crippen LogP) is 1.42. The molecule has 0 aromatic rings. The maximum atomic E-state index is 3.80. The molecule has 0 aliphatic heterocycles. The molecule has 0 amide bonds. The van der Waals surface area contributed by atoms with Crippen LogP contribution in [0.5, 0.6) is 0 Å². The van der Waals surface area contributed by atoms with Crippen molar-refractivity contribution in [1.29, 1.82) is 0 Å². The molecule has 7 heavy (non-hydrogen) atoms. The highest BCUT2D eigenvalue weighted by atomic mass is 15.3. The Morgan fingerprint density at radius 1 is 1.29 bits per heavy atom. The summed E-state index contributed by atoms with van der Waals surface area (Å²) in [6.07, 6.45) is 0. The first-order valence-electron chi connectivity index (χ1n) is 2.49. The quantitative estimate of drug-likeness (QED) is 0.345. The number of rotatable bonds is 1. The number of hydrogen-bond acceptors (Lipinski definition) is 0. The Bertz CT molecular complexity index is 49.7. The van der Waals surface area contributed by atoms with Crippen molar-refractivity contribution in [3.63, 3.8) is 0 Å². The third-order valence-corrected chi connectivity index (χ3v) is 1.25. The van der Waals surface area contributed by atoms with E-state index in [1.165, 1.54) is 0 Å². The molecular formula is C6H14N-. The van der Waals surface area contributed by atoms with Crippen molar-refractivity contribution in [3.05, 3.63) is 14.1 Å². The van der Waals surface area contributed by atoms with Crippen LogP contribution < -0.4 is 0 Å². The van der Waals surface area contributed by atoms with Gasteiger partial charge in [0.15, 0.2) is 0 Å². The van der Waals surface area contributed by atoms with Crippen LogP contribution in [-0.4, -0.2) is 17.6 Å². The second-order valence-electron chi connectivity index (χ2n) is 2.57. The third kappa shape index (κ3) is 2.63. The van der Waals surface area contributed by atoms with Gasteiger partial charge in [-0.1, -0.05) is 0 Å². The summed E-state index contributed by atoms with van der Waals surface area (Å²) in [7, 11) is 9.57. The van der Waals surface area contributed by atoms with Gasteiger partial charge in [0.2, 0.25) is 0 Å². The lowest BCUT2D eigenvalue weighted by Gasteiger charge is -2.46. The van der Waals surface area contributed by atoms with Gasteiger partial charge in [-0.25, -0.2) is 0 Å². The monoisotopic (exact) mass is 100 g/mol. The van der Waals surface area contributed by atoms with E-state index < -0.39 is 0 Å². The molecule has 0 N–H and O–H groups in total. The Morgan fingerprint density at radius 2 is 1.43 bits per heavy atom. The minimum atomic E-state index is 0.514. The van der Waals surface area contributed by atoms with E-state index in [2.05, 4.69) is 27.9 Å². The normalized spacial score (nSPS) is 12.9. The average Bonchev–Trinajstić information content (AvgIpc) is 1.31. The van der Waals surface area contributed by atoms with Gasteiger partial charge in [0.25, 0.3) is 0 Å². The van der Waals surface area contributed by atoms with Gasteiger partial charge in [0.05, 0.1) is 0 Å². The van der Waals surface area contributed by atoms with Crippen molar-refractivity contribution in [3.8, 4) is 0 Å². The summed E-state index contributed by atoms with van der Waals surface area (Å²) in [5.41, 5.74) is 0. The van der Waals surface area contributed by atoms with Crippen molar-refractivity contribution in [2.45, 2.75) is 19.9 Å². The fourth-order valence-electron chi connectivity index (χ4n) is 0. The van der Waals surface area contributed by atoms with Crippen molar-refractivity contribution in [1.82, 2.24) is 0 Å². The molecule has 0 radical (unpaired) electrons. The summed E-state index contributed by atoms with van der Waals surface area (Å²) in [5, 5.41) is 0. The highest BCUT2D eigenvalue weighted by molar-refractivity contribution is 4.38. The Labute approximate surface area is 46.5 Å². The second-order valence-corrected chi connectivity index (χ2v) is 2.57. The summed E-state index contributed by atoms with van der Waals surface area (Å²) in [6.45, 7) is 4.19. The van der Waals surface area contributed by atoms with Gasteiger partial charge in [-0.3, -0.25) is 0 Å². The van der Waals surface area contributed by atoms with E-state index in [1.54, 1.807) is 0 Å². The standard InChI is InChI=1S/C6H14N/c1-6(2)7(3,4)5/h6H,3-4H2,1-2,5H3/q-1. The van der Waals surface area contributed by atoms with Crippen LogP contribution in [0.25, 0.3) is 0 Å². The molecule has 0 unspecified atom stereocenters. The van der Waals surface area contributed by atoms with Crippen LogP contribution in [0.3, 0.4) is 0 Å². The SMILES string of the molecule is [CH2-][N+]([CH2-])(C)C(C)C. The van der Waals surface area contributed by atoms with E-state index in [0.29, 0.717) is 10.5 Å². The minimum absolute atomic E-state index is 0.514. The molecule has 44 valence electrons. The molecule has 0 saturated heterocycles. The zero-order chi connectivity index (χ0) is 6.08. The van der Waals surface area contributed by atoms with Gasteiger partial charge in [-0.2, -0.15) is 14.1 Å². The fourth-order valence-corrected chi connectivity index (χ4v) is 0. The van der Waals surface area contributed by atoms with E-state index in [9.17, 15) is 0 Å². The van der Waals surface area contributed by atoms with Crippen molar-refractivity contribution < 1.29 is 4.48 Å². The Balaban J connectivity index is 3.54. The smallest absolute Gasteiger partial charge is 0.0358 e. The van der Waals surface area contributed by atoms with E-state index in [4.69, 9.17) is 0 Å². The Morgan fingerprint density at radius 3 is 1.43 bits per heavy atom. The highest BCUT2D eigenvalue weighted by Gasteiger charge is 1.96. The van der Waals surface area contributed by atoms with Gasteiger partial charge in [-0.15, -0.1) is 0 Å². The number of hydrogen-bond donors (Lipinski definition) is 0. The molecule has 0 fully saturated rings. The predicted molar refractivity (Wildman–Crippen MR) is 32.0 cm³/mol. The van der Waals surface area contributed by atoms with Crippen LogP contribution in [0.4, 0.5) is 0 Å². The molecule has 0 spiro atoms. The number of nitrogens with zero attached hydrogens (tertiary/aromatic N) is 1. The molecule has 0 saturated carbocycles. The first-order valence-corrected chi connectivity index (χ1v) is 2.49. The molecule has 0 aliphatic carbocycles. The van der Waals surface area contributed by atoms with Crippen LogP contribution in [-0.2, 0) is 0 Å². The summed E-state index contributed by atoms with van der Waals surface area (Å²) >= 11 is 0. The van der Waals surface area contributed by atoms with E-state index in [-0.39, 0.29) is 0 Å². The molecule has 0 aromatic carbocycles. The minimum Gasteiger partial charge on any atom is -0.595 e. The van der Waals surface area contributed by atoms with E-state index in [1.807, 2.05) is 7.05 Å². The van der Waals surface area contributed by atoms with E-state index in [0.717, 1.165) is 0 Å². The van der Waals surface area contributed by atoms with Crippen LogP contribution in [0.1, 0.15) is 13.8 Å². The van der Waals surface area contributed by atoms with Crippen molar-refractivity contribution in [2.75, 3.05) is 7.05 Å². The summed E-state index contributed by atoms with van der Waals surface area (Å²) in [4.78, 5) is 0. The topological polar surface area (TPSA) is 0 Å². The molecule has 0 aromatic heterocycles. The molecule has 1 nitrogen and oxygen atoms in total. The third-order valence-electron chi connectivity index (χ3n) is 1.25. The number of quaternary nitrogens is 1. The molecule has 0 aliphatic rings. The van der Waals surface area contributed by atoms with Crippen LogP contribution in [0, 0.1) is 14.1 Å². The zero-order valence-electron chi connectivity index (χ0n) is 5.44. The van der Waals surface area contributed by atoms with Gasteiger partial charge < -0.3 is 4.48 Å².